The van der Waals surface area contributed by atoms with Crippen LogP contribution in [0.3, 0.4) is 0 Å². The second-order valence-corrected chi connectivity index (χ2v) is 4.60. The van der Waals surface area contributed by atoms with Gasteiger partial charge in [-0.15, -0.1) is 0 Å². The molecule has 0 saturated carbocycles. The van der Waals surface area contributed by atoms with E-state index >= 15 is 0 Å². The van der Waals surface area contributed by atoms with Gasteiger partial charge in [-0.05, 0) is 36.4 Å². The first-order valence-corrected chi connectivity index (χ1v) is 5.88. The van der Waals surface area contributed by atoms with Crippen molar-refractivity contribution in [2.75, 3.05) is 0 Å². The zero-order valence-electron chi connectivity index (χ0n) is 8.77. The molecule has 1 aromatic carbocycles. The molecule has 0 spiro atoms. The van der Waals surface area contributed by atoms with Crippen molar-refractivity contribution in [2.24, 2.45) is 0 Å². The van der Waals surface area contributed by atoms with E-state index in [9.17, 15) is 0 Å². The lowest BCUT2D eigenvalue weighted by molar-refractivity contribution is 1.16. The zero-order chi connectivity index (χ0) is 11.8. The van der Waals surface area contributed by atoms with E-state index in [1.165, 1.54) is 0 Å². The van der Waals surface area contributed by atoms with Gasteiger partial charge in [-0.2, -0.15) is 0 Å². The first-order chi connectivity index (χ1) is 8.24. The first kappa shape index (κ1) is 10.6. The Kier molecular flexibility index (Phi) is 2.54. The molecule has 0 saturated heterocycles. The Morgan fingerprint density at radius 2 is 1.71 bits per heavy atom. The normalized spacial score (nSPS) is 10.9. The summed E-state index contributed by atoms with van der Waals surface area (Å²) >= 11 is 11.8. The molecule has 0 unspecified atom stereocenters. The highest BCUT2D eigenvalue weighted by atomic mass is 35.5. The summed E-state index contributed by atoms with van der Waals surface area (Å²) in [5, 5.41) is 1.43. The van der Waals surface area contributed by atoms with E-state index in [1.807, 2.05) is 47.0 Å². The van der Waals surface area contributed by atoms with Crippen molar-refractivity contribution in [3.05, 3.63) is 58.8 Å². The Labute approximate surface area is 108 Å². The number of hydrogen-bond acceptors (Lipinski definition) is 1. The quantitative estimate of drug-likeness (QED) is 0.639. The van der Waals surface area contributed by atoms with Crippen LogP contribution in [0, 0.1) is 0 Å². The van der Waals surface area contributed by atoms with Crippen LogP contribution in [0.1, 0.15) is 0 Å². The van der Waals surface area contributed by atoms with Crippen LogP contribution in [0.4, 0.5) is 0 Å². The molecule has 4 heteroatoms. The van der Waals surface area contributed by atoms with Gasteiger partial charge in [0.15, 0.2) is 0 Å². The van der Waals surface area contributed by atoms with Crippen molar-refractivity contribution in [1.29, 1.82) is 0 Å². The van der Waals surface area contributed by atoms with Crippen molar-refractivity contribution in [1.82, 2.24) is 9.38 Å². The minimum atomic E-state index is 0.708. The van der Waals surface area contributed by atoms with Crippen LogP contribution in [0.5, 0.6) is 0 Å². The Morgan fingerprint density at radius 1 is 0.941 bits per heavy atom. The average Bonchev–Trinajstić information content (AvgIpc) is 2.73. The highest BCUT2D eigenvalue weighted by Gasteiger charge is 2.06. The third kappa shape index (κ3) is 1.90. The summed E-state index contributed by atoms with van der Waals surface area (Å²) in [6.07, 6.45) is 3.71. The van der Waals surface area contributed by atoms with E-state index in [0.29, 0.717) is 5.02 Å². The molecule has 0 amide bonds. The Bertz CT molecular complexity index is 671. The summed E-state index contributed by atoms with van der Waals surface area (Å²) in [6, 6.07) is 11.3. The van der Waals surface area contributed by atoms with Crippen molar-refractivity contribution >= 4 is 28.7 Å². The molecule has 2 nitrogen and oxygen atoms in total. The lowest BCUT2D eigenvalue weighted by Crippen LogP contribution is -1.88. The highest BCUT2D eigenvalue weighted by molar-refractivity contribution is 6.31. The van der Waals surface area contributed by atoms with Gasteiger partial charge in [0.25, 0.3) is 0 Å². The van der Waals surface area contributed by atoms with Crippen LogP contribution in [0.25, 0.3) is 16.9 Å². The van der Waals surface area contributed by atoms with E-state index in [-0.39, 0.29) is 0 Å². The number of imidazole rings is 1. The lowest BCUT2D eigenvalue weighted by Gasteiger charge is -2.01. The van der Waals surface area contributed by atoms with Crippen molar-refractivity contribution < 1.29 is 0 Å². The summed E-state index contributed by atoms with van der Waals surface area (Å²) in [5.74, 6) is 0.883. The molecule has 0 N–H and O–H groups in total. The topological polar surface area (TPSA) is 17.3 Å². The fraction of sp³-hybridized carbons (Fsp3) is 0. The van der Waals surface area contributed by atoms with Gasteiger partial charge in [0.1, 0.15) is 5.82 Å². The van der Waals surface area contributed by atoms with Gasteiger partial charge in [-0.3, -0.25) is 4.40 Å². The van der Waals surface area contributed by atoms with Gasteiger partial charge in [0, 0.05) is 21.8 Å². The van der Waals surface area contributed by atoms with Gasteiger partial charge in [-0.25, -0.2) is 4.98 Å². The predicted octanol–water partition coefficient (Wildman–Crippen LogP) is 4.31. The average molecular weight is 263 g/mol. The SMILES string of the molecule is Clc1ccc(-c2ncc3cc(Cl)ccn23)cc1. The van der Waals surface area contributed by atoms with Crippen molar-refractivity contribution in [3.63, 3.8) is 0 Å². The molecule has 84 valence electrons. The Morgan fingerprint density at radius 3 is 2.47 bits per heavy atom. The largest absolute Gasteiger partial charge is 0.300 e. The van der Waals surface area contributed by atoms with E-state index in [1.54, 1.807) is 6.20 Å². The fourth-order valence-corrected chi connectivity index (χ4v) is 2.08. The second-order valence-electron chi connectivity index (χ2n) is 3.73. The number of hydrogen-bond donors (Lipinski definition) is 0. The number of aromatic nitrogens is 2. The smallest absolute Gasteiger partial charge is 0.144 e. The molecule has 0 atom stereocenters. The number of nitrogens with zero attached hydrogens (tertiary/aromatic N) is 2. The minimum absolute atomic E-state index is 0.708. The highest BCUT2D eigenvalue weighted by Crippen LogP contribution is 2.23. The lowest BCUT2D eigenvalue weighted by atomic mass is 10.2. The number of halogens is 2. The van der Waals surface area contributed by atoms with Gasteiger partial charge in [-0.1, -0.05) is 23.2 Å². The molecule has 0 aliphatic heterocycles. The molecule has 2 heterocycles. The third-order valence-electron chi connectivity index (χ3n) is 2.60. The standard InChI is InChI=1S/C13H8Cl2N2/c14-10-3-1-9(2-4-10)13-16-8-12-7-11(15)5-6-17(12)13/h1-8H. The molecule has 3 aromatic rings. The van der Waals surface area contributed by atoms with Crippen LogP contribution in [0.15, 0.2) is 48.8 Å². The number of rotatable bonds is 1. The first-order valence-electron chi connectivity index (χ1n) is 5.12. The zero-order valence-corrected chi connectivity index (χ0v) is 10.3. The van der Waals surface area contributed by atoms with E-state index in [0.717, 1.165) is 21.9 Å². The van der Waals surface area contributed by atoms with Gasteiger partial charge < -0.3 is 0 Å². The van der Waals surface area contributed by atoms with E-state index in [4.69, 9.17) is 23.2 Å². The van der Waals surface area contributed by atoms with Gasteiger partial charge in [0.05, 0.1) is 11.7 Å². The number of fused-ring (bicyclic) bond motifs is 1. The van der Waals surface area contributed by atoms with Gasteiger partial charge in [0.2, 0.25) is 0 Å². The van der Waals surface area contributed by atoms with Crippen LogP contribution >= 0.6 is 23.2 Å². The van der Waals surface area contributed by atoms with Crippen molar-refractivity contribution in [2.45, 2.75) is 0 Å². The molecular formula is C13H8Cl2N2. The molecule has 0 radical (unpaired) electrons. The summed E-state index contributed by atoms with van der Waals surface area (Å²) in [5.41, 5.74) is 2.00. The molecule has 17 heavy (non-hydrogen) atoms. The van der Waals surface area contributed by atoms with E-state index in [2.05, 4.69) is 4.98 Å². The molecule has 0 aliphatic rings. The van der Waals surface area contributed by atoms with E-state index < -0.39 is 0 Å². The van der Waals surface area contributed by atoms with Crippen LogP contribution in [-0.2, 0) is 0 Å². The number of pyridine rings is 1. The summed E-state index contributed by atoms with van der Waals surface area (Å²) in [6.45, 7) is 0. The summed E-state index contributed by atoms with van der Waals surface area (Å²) in [4.78, 5) is 4.40. The van der Waals surface area contributed by atoms with Crippen LogP contribution in [-0.4, -0.2) is 9.38 Å². The maximum absolute atomic E-state index is 5.94. The minimum Gasteiger partial charge on any atom is -0.300 e. The summed E-state index contributed by atoms with van der Waals surface area (Å²) in [7, 11) is 0. The molecule has 2 aromatic heterocycles. The molecule has 0 fully saturated rings. The number of benzene rings is 1. The van der Waals surface area contributed by atoms with Crippen molar-refractivity contribution in [3.8, 4) is 11.4 Å². The molecule has 3 rings (SSSR count). The summed E-state index contributed by atoms with van der Waals surface area (Å²) < 4.78 is 2.00. The van der Waals surface area contributed by atoms with Crippen LogP contribution in [0.2, 0.25) is 10.0 Å². The fourth-order valence-electron chi connectivity index (χ4n) is 1.79. The molecule has 0 bridgehead atoms. The molecular weight excluding hydrogens is 255 g/mol. The Hall–Kier alpha value is -1.51. The second kappa shape index (κ2) is 4.06. The maximum atomic E-state index is 5.94. The predicted molar refractivity (Wildman–Crippen MR) is 70.6 cm³/mol. The molecule has 0 aliphatic carbocycles. The monoisotopic (exact) mass is 262 g/mol. The third-order valence-corrected chi connectivity index (χ3v) is 3.08. The van der Waals surface area contributed by atoms with Crippen LogP contribution < -0.4 is 0 Å². The Balaban J connectivity index is 2.21. The van der Waals surface area contributed by atoms with Gasteiger partial charge >= 0.3 is 0 Å². The maximum Gasteiger partial charge on any atom is 0.144 e.